The van der Waals surface area contributed by atoms with Crippen molar-refractivity contribution >= 4 is 10.0 Å². The molecule has 6 nitrogen and oxygen atoms in total. The van der Waals surface area contributed by atoms with Gasteiger partial charge >= 0.3 is 0 Å². The van der Waals surface area contributed by atoms with Crippen molar-refractivity contribution in [1.29, 1.82) is 0 Å². The summed E-state index contributed by atoms with van der Waals surface area (Å²) in [6.45, 7) is 3.59. The second-order valence-corrected chi connectivity index (χ2v) is 6.93. The lowest BCUT2D eigenvalue weighted by Crippen LogP contribution is -2.13. The zero-order valence-electron chi connectivity index (χ0n) is 12.9. The van der Waals surface area contributed by atoms with E-state index >= 15 is 0 Å². The van der Waals surface area contributed by atoms with Crippen LogP contribution in [0.3, 0.4) is 0 Å². The van der Waals surface area contributed by atoms with Crippen molar-refractivity contribution in [2.75, 3.05) is 0 Å². The third-order valence-electron chi connectivity index (χ3n) is 3.54. The quantitative estimate of drug-likeness (QED) is 0.785. The molecule has 0 atom stereocenters. The lowest BCUT2D eigenvalue weighted by atomic mass is 10.00. The van der Waals surface area contributed by atoms with Crippen molar-refractivity contribution in [3.63, 3.8) is 0 Å². The Bertz CT molecular complexity index is 1030. The Hall–Kier alpha value is -2.58. The lowest BCUT2D eigenvalue weighted by Gasteiger charge is -2.06. The predicted octanol–water partition coefficient (Wildman–Crippen LogP) is 2.81. The molecule has 3 aromatic rings. The van der Waals surface area contributed by atoms with Gasteiger partial charge in [0, 0.05) is 18.0 Å². The van der Waals surface area contributed by atoms with Crippen LogP contribution >= 0.6 is 0 Å². The van der Waals surface area contributed by atoms with Gasteiger partial charge in [-0.2, -0.15) is 0 Å². The molecule has 0 unspecified atom stereocenters. The minimum absolute atomic E-state index is 0.440. The second kappa shape index (κ2) is 5.81. The highest BCUT2D eigenvalue weighted by molar-refractivity contribution is 7.89. The average molecular weight is 347 g/mol. The number of nitrogens with two attached hydrogens (primary N) is 1. The molecule has 0 bridgehead atoms. The van der Waals surface area contributed by atoms with Gasteiger partial charge in [-0.1, -0.05) is 11.2 Å². The third-order valence-corrected chi connectivity index (χ3v) is 4.48. The minimum atomic E-state index is -4.12. The van der Waals surface area contributed by atoms with Crippen LogP contribution in [0.4, 0.5) is 4.39 Å². The molecule has 2 heterocycles. The first-order valence-corrected chi connectivity index (χ1v) is 8.53. The first-order chi connectivity index (χ1) is 11.3. The lowest BCUT2D eigenvalue weighted by molar-refractivity contribution is 0.400. The number of nitrogens with zero attached hydrogens (tertiary/aromatic N) is 2. The van der Waals surface area contributed by atoms with Gasteiger partial charge in [0.25, 0.3) is 0 Å². The zero-order valence-corrected chi connectivity index (χ0v) is 13.8. The fourth-order valence-electron chi connectivity index (χ4n) is 2.48. The number of aryl methyl sites for hydroxylation is 2. The van der Waals surface area contributed by atoms with E-state index in [1.165, 1.54) is 6.07 Å². The highest BCUT2D eigenvalue weighted by Crippen LogP contribution is 2.35. The molecule has 0 saturated carbocycles. The van der Waals surface area contributed by atoms with Crippen LogP contribution in [0.15, 0.2) is 46.1 Å². The molecule has 3 rings (SSSR count). The molecule has 0 spiro atoms. The van der Waals surface area contributed by atoms with Crippen molar-refractivity contribution in [1.82, 2.24) is 10.1 Å². The maximum Gasteiger partial charge on any atom is 0.240 e. The maximum atomic E-state index is 14.1. The molecule has 0 fully saturated rings. The maximum absolute atomic E-state index is 14.1. The minimum Gasteiger partial charge on any atom is -0.360 e. The highest BCUT2D eigenvalue weighted by Gasteiger charge is 2.20. The van der Waals surface area contributed by atoms with Gasteiger partial charge in [0.1, 0.15) is 22.2 Å². The molecule has 0 saturated heterocycles. The van der Waals surface area contributed by atoms with Gasteiger partial charge in [0.05, 0.1) is 5.56 Å². The molecule has 2 aromatic heterocycles. The molecule has 2 N–H and O–H groups in total. The Morgan fingerprint density at radius 3 is 2.50 bits per heavy atom. The first-order valence-electron chi connectivity index (χ1n) is 6.98. The summed E-state index contributed by atoms with van der Waals surface area (Å²) < 4.78 is 42.1. The van der Waals surface area contributed by atoms with Crippen LogP contribution in [0, 0.1) is 19.7 Å². The molecule has 124 valence electrons. The van der Waals surface area contributed by atoms with Crippen molar-refractivity contribution in [2.24, 2.45) is 5.14 Å². The van der Waals surface area contributed by atoms with E-state index in [1.807, 2.05) is 13.0 Å². The number of pyridine rings is 1. The fourth-order valence-corrected chi connectivity index (χ4v) is 3.07. The molecular formula is C16H14FN3O3S. The van der Waals surface area contributed by atoms with Crippen molar-refractivity contribution in [3.8, 4) is 22.4 Å². The van der Waals surface area contributed by atoms with E-state index < -0.39 is 20.7 Å². The molecule has 8 heteroatoms. The number of sulfonamides is 1. The molecule has 0 aliphatic rings. The fraction of sp³-hybridized carbons (Fsp3) is 0.125. The van der Waals surface area contributed by atoms with Crippen molar-refractivity contribution in [3.05, 3.63) is 53.8 Å². The van der Waals surface area contributed by atoms with Crippen LogP contribution in [-0.4, -0.2) is 18.6 Å². The number of rotatable bonds is 3. The number of hydrogen-bond donors (Lipinski definition) is 1. The van der Waals surface area contributed by atoms with Gasteiger partial charge in [-0.3, -0.25) is 4.98 Å². The second-order valence-electron chi connectivity index (χ2n) is 5.40. The van der Waals surface area contributed by atoms with Crippen LogP contribution in [-0.2, 0) is 10.0 Å². The van der Waals surface area contributed by atoms with Crippen molar-refractivity contribution in [2.45, 2.75) is 18.7 Å². The zero-order chi connectivity index (χ0) is 17.5. The molecule has 0 aliphatic carbocycles. The van der Waals surface area contributed by atoms with Crippen LogP contribution in [0.25, 0.3) is 22.4 Å². The van der Waals surface area contributed by atoms with Crippen LogP contribution in [0.2, 0.25) is 0 Å². The van der Waals surface area contributed by atoms with Gasteiger partial charge < -0.3 is 4.52 Å². The van der Waals surface area contributed by atoms with Crippen molar-refractivity contribution < 1.29 is 17.3 Å². The van der Waals surface area contributed by atoms with Gasteiger partial charge in [0.15, 0.2) is 0 Å². The van der Waals surface area contributed by atoms with Crippen LogP contribution in [0.5, 0.6) is 0 Å². The molecule has 1 aromatic carbocycles. The van der Waals surface area contributed by atoms with E-state index in [0.717, 1.165) is 23.3 Å². The van der Waals surface area contributed by atoms with E-state index in [1.54, 1.807) is 19.3 Å². The Balaban J connectivity index is 2.18. The normalized spacial score (nSPS) is 11.7. The van der Waals surface area contributed by atoms with E-state index in [0.29, 0.717) is 22.6 Å². The SMILES string of the molecule is Cc1cncc(-c2noc(C)c2-c2ccc(S(N)(=O)=O)c(F)c2)c1. The molecule has 0 aliphatic heterocycles. The monoisotopic (exact) mass is 347 g/mol. The van der Waals surface area contributed by atoms with Gasteiger partial charge in [-0.25, -0.2) is 17.9 Å². The topological polar surface area (TPSA) is 99.1 Å². The highest BCUT2D eigenvalue weighted by atomic mass is 32.2. The summed E-state index contributed by atoms with van der Waals surface area (Å²) >= 11 is 0. The largest absolute Gasteiger partial charge is 0.360 e. The first kappa shape index (κ1) is 16.3. The summed E-state index contributed by atoms with van der Waals surface area (Å²) in [4.78, 5) is 3.56. The van der Waals surface area contributed by atoms with E-state index in [-0.39, 0.29) is 0 Å². The smallest absolute Gasteiger partial charge is 0.240 e. The number of primary sulfonamides is 1. The van der Waals surface area contributed by atoms with Crippen LogP contribution < -0.4 is 5.14 Å². The summed E-state index contributed by atoms with van der Waals surface area (Å²) in [6, 6.07) is 5.58. The molecule has 0 amide bonds. The summed E-state index contributed by atoms with van der Waals surface area (Å²) in [7, 11) is -4.12. The van der Waals surface area contributed by atoms with E-state index in [2.05, 4.69) is 10.1 Å². The summed E-state index contributed by atoms with van der Waals surface area (Å²) in [5.74, 6) is -0.446. The molecular weight excluding hydrogens is 333 g/mol. The predicted molar refractivity (Wildman–Crippen MR) is 86.0 cm³/mol. The van der Waals surface area contributed by atoms with Gasteiger partial charge in [0.2, 0.25) is 10.0 Å². The van der Waals surface area contributed by atoms with Gasteiger partial charge in [-0.05, 0) is 43.2 Å². The number of halogens is 1. The number of aromatic nitrogens is 2. The average Bonchev–Trinajstić information content (AvgIpc) is 2.87. The Morgan fingerprint density at radius 2 is 1.88 bits per heavy atom. The van der Waals surface area contributed by atoms with Gasteiger partial charge in [-0.15, -0.1) is 0 Å². The summed E-state index contributed by atoms with van der Waals surface area (Å²) in [5.41, 5.74) is 3.18. The van der Waals surface area contributed by atoms with Crippen LogP contribution in [0.1, 0.15) is 11.3 Å². The standard InChI is InChI=1S/C16H14FN3O3S/c1-9-5-12(8-19-7-9)16-15(10(2)23-20-16)11-3-4-14(13(17)6-11)24(18,21)22/h3-8H,1-2H3,(H2,18,21,22). The number of hydrogen-bond acceptors (Lipinski definition) is 5. The van der Waals surface area contributed by atoms with E-state index in [9.17, 15) is 12.8 Å². The Labute approximate surface area is 138 Å². The summed E-state index contributed by atoms with van der Waals surface area (Å²) in [6.07, 6.45) is 3.33. The third kappa shape index (κ3) is 2.93. The Morgan fingerprint density at radius 1 is 1.12 bits per heavy atom. The molecule has 24 heavy (non-hydrogen) atoms. The number of benzene rings is 1. The Kier molecular flexibility index (Phi) is 3.94. The van der Waals surface area contributed by atoms with E-state index in [4.69, 9.17) is 9.66 Å². The summed E-state index contributed by atoms with van der Waals surface area (Å²) in [5, 5.41) is 9.01. The molecule has 0 radical (unpaired) electrons.